The van der Waals surface area contributed by atoms with E-state index in [1.54, 1.807) is 0 Å². The fraction of sp³-hybridized carbons (Fsp3) is 0.167. The third-order valence-electron chi connectivity index (χ3n) is 8.62. The number of benzene rings is 5. The van der Waals surface area contributed by atoms with E-state index in [4.69, 9.17) is 9.31 Å². The van der Waals surface area contributed by atoms with E-state index in [-0.39, 0.29) is 0 Å². The van der Waals surface area contributed by atoms with E-state index in [1.165, 1.54) is 38.5 Å². The lowest BCUT2D eigenvalue weighted by molar-refractivity contribution is 0.00578. The van der Waals surface area contributed by atoms with Crippen molar-refractivity contribution in [1.29, 1.82) is 0 Å². The molecule has 4 heteroatoms. The number of hydrogen-bond donors (Lipinski definition) is 0. The Morgan fingerprint density at radius 1 is 0.550 bits per heavy atom. The molecule has 0 unspecified atom stereocenters. The highest BCUT2D eigenvalue weighted by atomic mass is 16.7. The summed E-state index contributed by atoms with van der Waals surface area (Å²) in [5.41, 5.74) is 8.51. The van der Waals surface area contributed by atoms with Gasteiger partial charge in [-0.1, -0.05) is 91.0 Å². The minimum Gasteiger partial charge on any atom is -0.399 e. The maximum absolute atomic E-state index is 6.46. The highest BCUT2D eigenvalue weighted by Crippen LogP contribution is 2.42. The molecule has 0 N–H and O–H groups in total. The highest BCUT2D eigenvalue weighted by Gasteiger charge is 2.51. The highest BCUT2D eigenvalue weighted by molar-refractivity contribution is 6.62. The quantitative estimate of drug-likeness (QED) is 0.218. The second kappa shape index (κ2) is 9.23. The largest absolute Gasteiger partial charge is 0.494 e. The first-order valence-electron chi connectivity index (χ1n) is 14.0. The van der Waals surface area contributed by atoms with E-state index >= 15 is 0 Å². The number of hydrogen-bond acceptors (Lipinski definition) is 2. The molecule has 1 fully saturated rings. The molecule has 1 saturated heterocycles. The van der Waals surface area contributed by atoms with Crippen LogP contribution in [0.3, 0.4) is 0 Å². The minimum atomic E-state index is -0.421. The average Bonchev–Trinajstić information content (AvgIpc) is 3.42. The average molecular weight is 521 g/mol. The molecule has 40 heavy (non-hydrogen) atoms. The van der Waals surface area contributed by atoms with Crippen LogP contribution in [0.2, 0.25) is 0 Å². The van der Waals surface area contributed by atoms with Crippen LogP contribution in [0, 0.1) is 0 Å². The van der Waals surface area contributed by atoms with Gasteiger partial charge < -0.3 is 13.9 Å². The van der Waals surface area contributed by atoms with Gasteiger partial charge in [-0.15, -0.1) is 0 Å². The second-order valence-corrected chi connectivity index (χ2v) is 11.7. The molecule has 2 heterocycles. The molecule has 3 nitrogen and oxygen atoms in total. The van der Waals surface area contributed by atoms with E-state index in [1.807, 2.05) is 0 Å². The minimum absolute atomic E-state index is 0.397. The first kappa shape index (κ1) is 24.9. The van der Waals surface area contributed by atoms with Crippen molar-refractivity contribution in [3.8, 4) is 27.9 Å². The normalized spacial score (nSPS) is 16.1. The lowest BCUT2D eigenvalue weighted by Gasteiger charge is -2.32. The molecule has 0 radical (unpaired) electrons. The fourth-order valence-corrected chi connectivity index (χ4v) is 5.77. The smallest absolute Gasteiger partial charge is 0.399 e. The molecule has 7 rings (SSSR count). The molecular formula is C36H32BNO2. The van der Waals surface area contributed by atoms with Gasteiger partial charge in [-0.2, -0.15) is 0 Å². The molecule has 5 aromatic carbocycles. The van der Waals surface area contributed by atoms with Crippen molar-refractivity contribution in [2.45, 2.75) is 38.9 Å². The van der Waals surface area contributed by atoms with Crippen LogP contribution >= 0.6 is 0 Å². The summed E-state index contributed by atoms with van der Waals surface area (Å²) in [6, 6.07) is 43.3. The third kappa shape index (κ3) is 3.99. The van der Waals surface area contributed by atoms with Gasteiger partial charge in [0.05, 0.1) is 22.2 Å². The summed E-state index contributed by atoms with van der Waals surface area (Å²) in [4.78, 5) is 0. The van der Waals surface area contributed by atoms with E-state index < -0.39 is 18.3 Å². The van der Waals surface area contributed by atoms with Gasteiger partial charge in [0.25, 0.3) is 0 Å². The molecule has 0 spiro atoms. The third-order valence-corrected chi connectivity index (χ3v) is 8.62. The van der Waals surface area contributed by atoms with Crippen molar-refractivity contribution < 1.29 is 9.31 Å². The van der Waals surface area contributed by atoms with E-state index in [0.29, 0.717) is 0 Å². The van der Waals surface area contributed by atoms with Crippen molar-refractivity contribution in [2.24, 2.45) is 0 Å². The van der Waals surface area contributed by atoms with Crippen LogP contribution < -0.4 is 5.46 Å². The Kier molecular flexibility index (Phi) is 5.74. The van der Waals surface area contributed by atoms with Gasteiger partial charge in [-0.05, 0) is 80.2 Å². The molecule has 0 bridgehead atoms. The summed E-state index contributed by atoms with van der Waals surface area (Å²) in [6.45, 7) is 8.41. The Labute approximate surface area is 236 Å². The summed E-state index contributed by atoms with van der Waals surface area (Å²) in [6.07, 6.45) is 0. The lowest BCUT2D eigenvalue weighted by Crippen LogP contribution is -2.41. The Balaban J connectivity index is 1.56. The van der Waals surface area contributed by atoms with Crippen LogP contribution in [0.25, 0.3) is 49.7 Å². The fourth-order valence-electron chi connectivity index (χ4n) is 5.77. The number of para-hydroxylation sites is 1. The van der Waals surface area contributed by atoms with Crippen LogP contribution in [0.1, 0.15) is 27.7 Å². The summed E-state index contributed by atoms with van der Waals surface area (Å²) in [5, 5.41) is 2.39. The van der Waals surface area contributed by atoms with Crippen molar-refractivity contribution in [2.75, 3.05) is 0 Å². The van der Waals surface area contributed by atoms with Crippen LogP contribution in [0.4, 0.5) is 0 Å². The maximum atomic E-state index is 6.46. The monoisotopic (exact) mass is 521 g/mol. The van der Waals surface area contributed by atoms with Gasteiger partial charge in [0, 0.05) is 22.0 Å². The molecule has 0 saturated carbocycles. The van der Waals surface area contributed by atoms with E-state index in [9.17, 15) is 0 Å². The lowest BCUT2D eigenvalue weighted by atomic mass is 9.78. The molecule has 1 aliphatic heterocycles. The standard InChI is InChI=1S/C36H32BNO2/c1-35(2)36(3,4)40-37(39-35)28-20-21-33-31(24-28)32-23-27(25-14-8-5-9-15-25)22-30(26-16-10-6-11-17-26)34(32)38(33)29-18-12-7-13-19-29/h5-24H,1-4H3. The van der Waals surface area contributed by atoms with Crippen LogP contribution in [0.5, 0.6) is 0 Å². The molecule has 6 aromatic rings. The predicted molar refractivity (Wildman–Crippen MR) is 167 cm³/mol. The van der Waals surface area contributed by atoms with Crippen LogP contribution in [-0.4, -0.2) is 22.9 Å². The molecule has 0 amide bonds. The molecule has 0 aliphatic carbocycles. The number of nitrogens with zero attached hydrogens (tertiary/aromatic N) is 1. The summed E-state index contributed by atoms with van der Waals surface area (Å²) in [7, 11) is -0.421. The van der Waals surface area contributed by atoms with Gasteiger partial charge in [0.2, 0.25) is 0 Å². The van der Waals surface area contributed by atoms with Crippen molar-refractivity contribution in [3.63, 3.8) is 0 Å². The van der Waals surface area contributed by atoms with Crippen LogP contribution in [-0.2, 0) is 9.31 Å². The van der Waals surface area contributed by atoms with Gasteiger partial charge in [-0.25, -0.2) is 0 Å². The Hall–Kier alpha value is -4.12. The maximum Gasteiger partial charge on any atom is 0.494 e. The second-order valence-electron chi connectivity index (χ2n) is 11.7. The predicted octanol–water partition coefficient (Wildman–Crippen LogP) is 8.42. The molecule has 0 atom stereocenters. The van der Waals surface area contributed by atoms with Gasteiger partial charge in [0.1, 0.15) is 0 Å². The molecule has 1 aromatic heterocycles. The van der Waals surface area contributed by atoms with Gasteiger partial charge in [-0.3, -0.25) is 0 Å². The molecule has 196 valence electrons. The van der Waals surface area contributed by atoms with Gasteiger partial charge >= 0.3 is 7.12 Å². The van der Waals surface area contributed by atoms with Crippen molar-refractivity contribution >= 4 is 34.4 Å². The zero-order chi connectivity index (χ0) is 27.5. The summed E-state index contributed by atoms with van der Waals surface area (Å²) in [5.74, 6) is 0. The van der Waals surface area contributed by atoms with E-state index in [2.05, 4.69) is 154 Å². The van der Waals surface area contributed by atoms with Gasteiger partial charge in [0.15, 0.2) is 0 Å². The summed E-state index contributed by atoms with van der Waals surface area (Å²) < 4.78 is 15.3. The van der Waals surface area contributed by atoms with E-state index in [0.717, 1.165) is 16.7 Å². The Morgan fingerprint density at radius 2 is 1.12 bits per heavy atom. The SMILES string of the molecule is CC1(C)OB(c2ccc3c(c2)c2cc(-c4ccccc4)cc(-c4ccccc4)c2n3-c2ccccc2)OC1(C)C. The zero-order valence-corrected chi connectivity index (χ0v) is 23.4. The number of rotatable bonds is 4. The molecule has 1 aliphatic rings. The molecular weight excluding hydrogens is 489 g/mol. The topological polar surface area (TPSA) is 23.4 Å². The zero-order valence-electron chi connectivity index (χ0n) is 23.4. The summed E-state index contributed by atoms with van der Waals surface area (Å²) >= 11 is 0. The van der Waals surface area contributed by atoms with Crippen molar-refractivity contribution in [1.82, 2.24) is 4.57 Å². The number of aromatic nitrogens is 1. The van der Waals surface area contributed by atoms with Crippen molar-refractivity contribution in [3.05, 3.63) is 121 Å². The Morgan fingerprint density at radius 3 is 1.75 bits per heavy atom. The first-order valence-corrected chi connectivity index (χ1v) is 14.0. The number of fused-ring (bicyclic) bond motifs is 3. The first-order chi connectivity index (χ1) is 19.3. The Bertz CT molecular complexity index is 1820. The van der Waals surface area contributed by atoms with Crippen LogP contribution in [0.15, 0.2) is 121 Å².